The normalized spacial score (nSPS) is 11.5. The third-order valence-electron chi connectivity index (χ3n) is 3.09. The topological polar surface area (TPSA) is 58.4 Å². The Bertz CT molecular complexity index is 410. The van der Waals surface area contributed by atoms with Gasteiger partial charge in [-0.15, -0.1) is 0 Å². The van der Waals surface area contributed by atoms with E-state index < -0.39 is 5.97 Å². The first-order valence-electron chi connectivity index (χ1n) is 5.77. The van der Waals surface area contributed by atoms with Crippen molar-refractivity contribution < 1.29 is 9.90 Å². The highest BCUT2D eigenvalue weighted by molar-refractivity contribution is 5.69. The summed E-state index contributed by atoms with van der Waals surface area (Å²) in [5.74, 6) is -0.794. The number of carbonyl (C=O) groups is 1. The first-order chi connectivity index (χ1) is 7.82. The zero-order chi connectivity index (χ0) is 13.2. The van der Waals surface area contributed by atoms with Crippen LogP contribution < -0.4 is 0 Å². The molecule has 1 N–H and O–H groups in total. The predicted molar refractivity (Wildman–Crippen MR) is 65.9 cm³/mol. The summed E-state index contributed by atoms with van der Waals surface area (Å²) in [6.45, 7) is 8.67. The molecule has 0 aromatic carbocycles. The molecule has 5 nitrogen and oxygen atoms in total. The minimum atomic E-state index is -0.794. The van der Waals surface area contributed by atoms with Crippen molar-refractivity contribution in [3.05, 3.63) is 17.0 Å². The lowest BCUT2D eigenvalue weighted by Gasteiger charge is -2.24. The zero-order valence-electron chi connectivity index (χ0n) is 11.2. The minimum Gasteiger partial charge on any atom is -0.480 e. The molecule has 0 aliphatic heterocycles. The van der Waals surface area contributed by atoms with Gasteiger partial charge in [-0.1, -0.05) is 0 Å². The lowest BCUT2D eigenvalue weighted by molar-refractivity contribution is -0.138. The highest BCUT2D eigenvalue weighted by atomic mass is 16.4. The molecule has 17 heavy (non-hydrogen) atoms. The van der Waals surface area contributed by atoms with Crippen LogP contribution in [0.3, 0.4) is 0 Å². The molecule has 0 radical (unpaired) electrons. The highest BCUT2D eigenvalue weighted by Gasteiger charge is 2.18. The second-order valence-electron chi connectivity index (χ2n) is 4.67. The fraction of sp³-hybridized carbons (Fsp3) is 0.667. The Morgan fingerprint density at radius 3 is 2.41 bits per heavy atom. The summed E-state index contributed by atoms with van der Waals surface area (Å²) in [5.41, 5.74) is 3.20. The number of nitrogens with zero attached hydrogens (tertiary/aromatic N) is 3. The van der Waals surface area contributed by atoms with Gasteiger partial charge in [-0.25, -0.2) is 0 Å². The van der Waals surface area contributed by atoms with E-state index in [2.05, 4.69) is 5.10 Å². The number of aromatic nitrogens is 2. The van der Waals surface area contributed by atoms with Crippen LogP contribution in [0, 0.1) is 13.8 Å². The first-order valence-corrected chi connectivity index (χ1v) is 5.77. The molecule has 1 rings (SSSR count). The number of aryl methyl sites for hydroxylation is 2. The van der Waals surface area contributed by atoms with Gasteiger partial charge in [-0.3, -0.25) is 14.4 Å². The summed E-state index contributed by atoms with van der Waals surface area (Å²) in [6.07, 6.45) is 0. The standard InChI is InChI=1S/C12H21N3O2/c1-8(2)15(7-12(16)17)6-11-9(3)13-14(5)10(11)4/h8H,6-7H2,1-5H3,(H,16,17). The van der Waals surface area contributed by atoms with E-state index in [0.29, 0.717) is 6.54 Å². The van der Waals surface area contributed by atoms with Gasteiger partial charge in [0.25, 0.3) is 0 Å². The van der Waals surface area contributed by atoms with Crippen molar-refractivity contribution in [2.45, 2.75) is 40.3 Å². The lowest BCUT2D eigenvalue weighted by atomic mass is 10.1. The summed E-state index contributed by atoms with van der Waals surface area (Å²) < 4.78 is 1.84. The molecular formula is C12H21N3O2. The second-order valence-corrected chi connectivity index (χ2v) is 4.67. The maximum absolute atomic E-state index is 10.8. The molecule has 96 valence electrons. The van der Waals surface area contributed by atoms with Crippen molar-refractivity contribution in [1.82, 2.24) is 14.7 Å². The number of carboxylic acid groups (broad SMARTS) is 1. The molecular weight excluding hydrogens is 218 g/mol. The molecule has 1 aromatic rings. The van der Waals surface area contributed by atoms with Crippen LogP contribution in [-0.4, -0.2) is 38.3 Å². The third kappa shape index (κ3) is 3.30. The molecule has 0 bridgehead atoms. The van der Waals surface area contributed by atoms with Crippen molar-refractivity contribution in [3.8, 4) is 0 Å². The Hall–Kier alpha value is -1.36. The van der Waals surface area contributed by atoms with Gasteiger partial charge in [-0.2, -0.15) is 5.10 Å². The number of hydrogen-bond acceptors (Lipinski definition) is 3. The van der Waals surface area contributed by atoms with E-state index in [1.54, 1.807) is 0 Å². The lowest BCUT2D eigenvalue weighted by Crippen LogP contribution is -2.35. The monoisotopic (exact) mass is 239 g/mol. The largest absolute Gasteiger partial charge is 0.480 e. The van der Waals surface area contributed by atoms with E-state index in [4.69, 9.17) is 5.11 Å². The van der Waals surface area contributed by atoms with Gasteiger partial charge in [0.05, 0.1) is 12.2 Å². The molecule has 0 unspecified atom stereocenters. The summed E-state index contributed by atoms with van der Waals surface area (Å²) in [5, 5.41) is 13.2. The Balaban J connectivity index is 2.89. The highest BCUT2D eigenvalue weighted by Crippen LogP contribution is 2.16. The van der Waals surface area contributed by atoms with Crippen LogP contribution in [0.2, 0.25) is 0 Å². The SMILES string of the molecule is Cc1nn(C)c(C)c1CN(CC(=O)O)C(C)C. The summed E-state index contributed by atoms with van der Waals surface area (Å²) in [6, 6.07) is 0.199. The first kappa shape index (κ1) is 13.7. The summed E-state index contributed by atoms with van der Waals surface area (Å²) in [7, 11) is 1.91. The van der Waals surface area contributed by atoms with E-state index in [1.165, 1.54) is 0 Å². The molecule has 0 aliphatic rings. The Morgan fingerprint density at radius 1 is 1.47 bits per heavy atom. The maximum Gasteiger partial charge on any atom is 0.317 e. The number of aliphatic carboxylic acids is 1. The van der Waals surface area contributed by atoms with Crippen LogP contribution in [0.25, 0.3) is 0 Å². The maximum atomic E-state index is 10.8. The Morgan fingerprint density at radius 2 is 2.06 bits per heavy atom. The molecule has 1 aromatic heterocycles. The zero-order valence-corrected chi connectivity index (χ0v) is 11.2. The van der Waals surface area contributed by atoms with Crippen molar-refractivity contribution in [2.75, 3.05) is 6.54 Å². The molecule has 0 fully saturated rings. The van der Waals surface area contributed by atoms with Crippen LogP contribution in [0.1, 0.15) is 30.8 Å². The molecule has 0 saturated heterocycles. The van der Waals surface area contributed by atoms with Gasteiger partial charge >= 0.3 is 5.97 Å². The van der Waals surface area contributed by atoms with Crippen LogP contribution in [-0.2, 0) is 18.4 Å². The van der Waals surface area contributed by atoms with Crippen molar-refractivity contribution >= 4 is 5.97 Å². The van der Waals surface area contributed by atoms with Gasteiger partial charge in [0.2, 0.25) is 0 Å². The fourth-order valence-corrected chi connectivity index (χ4v) is 1.84. The summed E-state index contributed by atoms with van der Waals surface area (Å²) in [4.78, 5) is 12.7. The van der Waals surface area contributed by atoms with Crippen molar-refractivity contribution in [3.63, 3.8) is 0 Å². The van der Waals surface area contributed by atoms with E-state index in [1.807, 2.05) is 44.3 Å². The minimum absolute atomic E-state index is 0.0610. The van der Waals surface area contributed by atoms with Crippen LogP contribution in [0.15, 0.2) is 0 Å². The van der Waals surface area contributed by atoms with Crippen LogP contribution >= 0.6 is 0 Å². The quantitative estimate of drug-likeness (QED) is 0.842. The Labute approximate surface area is 102 Å². The van der Waals surface area contributed by atoms with Gasteiger partial charge in [-0.05, 0) is 27.7 Å². The fourth-order valence-electron chi connectivity index (χ4n) is 1.84. The molecule has 0 amide bonds. The van der Waals surface area contributed by atoms with Gasteiger partial charge in [0.15, 0.2) is 0 Å². The van der Waals surface area contributed by atoms with Crippen molar-refractivity contribution in [2.24, 2.45) is 7.05 Å². The third-order valence-corrected chi connectivity index (χ3v) is 3.09. The van der Waals surface area contributed by atoms with Crippen molar-refractivity contribution in [1.29, 1.82) is 0 Å². The number of rotatable bonds is 5. The molecule has 5 heteroatoms. The molecule has 0 aliphatic carbocycles. The average Bonchev–Trinajstić information content (AvgIpc) is 2.43. The van der Waals surface area contributed by atoms with E-state index >= 15 is 0 Å². The molecule has 0 atom stereocenters. The molecule has 1 heterocycles. The average molecular weight is 239 g/mol. The molecule has 0 saturated carbocycles. The van der Waals surface area contributed by atoms with Gasteiger partial charge in [0, 0.05) is 30.9 Å². The second kappa shape index (κ2) is 5.31. The van der Waals surface area contributed by atoms with Gasteiger partial charge in [0.1, 0.15) is 0 Å². The smallest absolute Gasteiger partial charge is 0.317 e. The number of hydrogen-bond donors (Lipinski definition) is 1. The Kier molecular flexibility index (Phi) is 4.28. The van der Waals surface area contributed by atoms with E-state index in [0.717, 1.165) is 17.0 Å². The van der Waals surface area contributed by atoms with Crippen LogP contribution in [0.4, 0.5) is 0 Å². The predicted octanol–water partition coefficient (Wildman–Crippen LogP) is 1.33. The number of carboxylic acids is 1. The molecule has 0 spiro atoms. The van der Waals surface area contributed by atoms with Gasteiger partial charge < -0.3 is 5.11 Å². The summed E-state index contributed by atoms with van der Waals surface area (Å²) >= 11 is 0. The van der Waals surface area contributed by atoms with E-state index in [9.17, 15) is 4.79 Å². The van der Waals surface area contributed by atoms with Crippen LogP contribution in [0.5, 0.6) is 0 Å². The van der Waals surface area contributed by atoms with E-state index in [-0.39, 0.29) is 12.6 Å².